The lowest BCUT2D eigenvalue weighted by molar-refractivity contribution is 0.974. The molecule has 54 valence electrons. The first-order valence-corrected chi connectivity index (χ1v) is 3.60. The second kappa shape index (κ2) is 2.98. The Morgan fingerprint density at radius 2 is 2.30 bits per heavy atom. The minimum Gasteiger partial charge on any atom is -0.352 e. The maximum absolute atomic E-state index is 10.8. The van der Waals surface area contributed by atoms with Crippen LogP contribution in [0.25, 0.3) is 0 Å². The molecule has 0 aliphatic rings. The second-order valence-corrected chi connectivity index (χ2v) is 2.75. The normalized spacial score (nSPS) is 9.80. The van der Waals surface area contributed by atoms with Crippen LogP contribution in [0.1, 0.15) is 5.69 Å². The molecule has 4 heteroatoms. The van der Waals surface area contributed by atoms with Crippen LogP contribution in [0.2, 0.25) is 0 Å². The maximum Gasteiger partial charge on any atom is 0.183 e. The Morgan fingerprint density at radius 1 is 1.60 bits per heavy atom. The Bertz CT molecular complexity index is 281. The lowest BCUT2D eigenvalue weighted by Gasteiger charge is -1.95. The van der Waals surface area contributed by atoms with E-state index in [9.17, 15) is 4.79 Å². The van der Waals surface area contributed by atoms with Crippen molar-refractivity contribution >= 4 is 15.9 Å². The summed E-state index contributed by atoms with van der Waals surface area (Å²) in [6.45, 7) is 0.356. The van der Waals surface area contributed by atoms with Gasteiger partial charge in [-0.15, -0.1) is 0 Å². The zero-order valence-corrected chi connectivity index (χ0v) is 6.81. The summed E-state index contributed by atoms with van der Waals surface area (Å²) in [5, 5.41) is 0. The molecular weight excluding hydrogens is 196 g/mol. The number of nitrogens with one attached hydrogen (secondary N) is 1. The van der Waals surface area contributed by atoms with Crippen LogP contribution in [0, 0.1) is 0 Å². The van der Waals surface area contributed by atoms with Crippen molar-refractivity contribution in [2.24, 2.45) is 5.73 Å². The van der Waals surface area contributed by atoms with Crippen LogP contribution in [-0.2, 0) is 6.54 Å². The van der Waals surface area contributed by atoms with Gasteiger partial charge in [0.2, 0.25) is 0 Å². The first-order chi connectivity index (χ1) is 4.72. The molecule has 0 aromatic carbocycles. The summed E-state index contributed by atoms with van der Waals surface area (Å²) in [4.78, 5) is 13.7. The van der Waals surface area contributed by atoms with E-state index in [0.29, 0.717) is 11.1 Å². The van der Waals surface area contributed by atoms with Crippen LogP contribution in [-0.4, -0.2) is 4.98 Å². The van der Waals surface area contributed by atoms with E-state index in [0.717, 1.165) is 5.69 Å². The molecule has 0 amide bonds. The number of pyridine rings is 1. The third kappa shape index (κ3) is 1.68. The van der Waals surface area contributed by atoms with Crippen molar-refractivity contribution in [1.82, 2.24) is 4.98 Å². The quantitative estimate of drug-likeness (QED) is 0.656. The number of hydrogen-bond acceptors (Lipinski definition) is 2. The Morgan fingerprint density at radius 3 is 2.80 bits per heavy atom. The number of aromatic nitrogens is 1. The van der Waals surface area contributed by atoms with Gasteiger partial charge in [0, 0.05) is 24.4 Å². The van der Waals surface area contributed by atoms with E-state index < -0.39 is 0 Å². The number of aromatic amines is 1. The van der Waals surface area contributed by atoms with Gasteiger partial charge in [0.05, 0.1) is 4.60 Å². The second-order valence-electron chi connectivity index (χ2n) is 1.89. The van der Waals surface area contributed by atoms with Crippen molar-refractivity contribution in [1.29, 1.82) is 0 Å². The van der Waals surface area contributed by atoms with E-state index in [1.54, 1.807) is 0 Å². The van der Waals surface area contributed by atoms with E-state index in [1.807, 2.05) is 0 Å². The maximum atomic E-state index is 10.8. The standard InChI is InChI=1S/C6H7BrN2O/c7-6-2-5(10)1-4(3-8)9-6/h1-2H,3,8H2,(H,9,10). The Kier molecular flexibility index (Phi) is 2.24. The molecule has 0 atom stereocenters. The van der Waals surface area contributed by atoms with E-state index in [2.05, 4.69) is 20.9 Å². The molecule has 3 nitrogen and oxygen atoms in total. The summed E-state index contributed by atoms with van der Waals surface area (Å²) in [6.07, 6.45) is 0. The van der Waals surface area contributed by atoms with Crippen molar-refractivity contribution in [3.8, 4) is 0 Å². The van der Waals surface area contributed by atoms with Crippen LogP contribution in [0.5, 0.6) is 0 Å². The van der Waals surface area contributed by atoms with Crippen molar-refractivity contribution in [3.63, 3.8) is 0 Å². The third-order valence-electron chi connectivity index (χ3n) is 1.09. The summed E-state index contributed by atoms with van der Waals surface area (Å²) in [6, 6.07) is 2.93. The summed E-state index contributed by atoms with van der Waals surface area (Å²) in [5.41, 5.74) is 6.00. The lowest BCUT2D eigenvalue weighted by atomic mass is 10.3. The van der Waals surface area contributed by atoms with Gasteiger partial charge in [-0.3, -0.25) is 4.79 Å². The SMILES string of the molecule is NCc1cc(=O)cc(Br)[nH]1. The molecule has 0 aliphatic heterocycles. The number of halogens is 1. The van der Waals surface area contributed by atoms with E-state index in [1.165, 1.54) is 12.1 Å². The highest BCUT2D eigenvalue weighted by molar-refractivity contribution is 9.10. The smallest absolute Gasteiger partial charge is 0.183 e. The number of rotatable bonds is 1. The summed E-state index contributed by atoms with van der Waals surface area (Å²) in [7, 11) is 0. The number of hydrogen-bond donors (Lipinski definition) is 2. The van der Waals surface area contributed by atoms with Crippen LogP contribution >= 0.6 is 15.9 Å². The molecular formula is C6H7BrN2O. The Hall–Kier alpha value is -0.610. The molecule has 0 radical (unpaired) electrons. The molecule has 1 rings (SSSR count). The van der Waals surface area contributed by atoms with Gasteiger partial charge in [-0.25, -0.2) is 0 Å². The monoisotopic (exact) mass is 202 g/mol. The summed E-state index contributed by atoms with van der Waals surface area (Å²) < 4.78 is 0.667. The average Bonchev–Trinajstić information content (AvgIpc) is 1.85. The van der Waals surface area contributed by atoms with Crippen molar-refractivity contribution in [2.75, 3.05) is 0 Å². The van der Waals surface area contributed by atoms with Crippen LogP contribution in [0.4, 0.5) is 0 Å². The van der Waals surface area contributed by atoms with Gasteiger partial charge in [-0.05, 0) is 15.9 Å². The van der Waals surface area contributed by atoms with E-state index in [4.69, 9.17) is 5.73 Å². The summed E-state index contributed by atoms with van der Waals surface area (Å²) in [5.74, 6) is 0. The molecule has 0 bridgehead atoms. The summed E-state index contributed by atoms with van der Waals surface area (Å²) >= 11 is 3.14. The fraction of sp³-hybridized carbons (Fsp3) is 0.167. The molecule has 0 fully saturated rings. The molecule has 0 aliphatic carbocycles. The highest BCUT2D eigenvalue weighted by Gasteiger charge is 1.92. The number of nitrogens with two attached hydrogens (primary N) is 1. The topological polar surface area (TPSA) is 58.9 Å². The molecule has 0 spiro atoms. The molecule has 1 heterocycles. The van der Waals surface area contributed by atoms with Crippen molar-refractivity contribution < 1.29 is 0 Å². The first-order valence-electron chi connectivity index (χ1n) is 2.81. The van der Waals surface area contributed by atoms with Crippen LogP contribution in [0.3, 0.4) is 0 Å². The molecule has 0 unspecified atom stereocenters. The van der Waals surface area contributed by atoms with Gasteiger partial charge in [-0.2, -0.15) is 0 Å². The van der Waals surface area contributed by atoms with Crippen molar-refractivity contribution in [3.05, 3.63) is 32.7 Å². The Labute approximate surface area is 66.4 Å². The highest BCUT2D eigenvalue weighted by atomic mass is 79.9. The predicted molar refractivity (Wildman–Crippen MR) is 42.7 cm³/mol. The fourth-order valence-electron chi connectivity index (χ4n) is 0.674. The van der Waals surface area contributed by atoms with Crippen molar-refractivity contribution in [2.45, 2.75) is 6.54 Å². The number of H-pyrrole nitrogens is 1. The fourth-order valence-corrected chi connectivity index (χ4v) is 1.15. The van der Waals surface area contributed by atoms with Crippen LogP contribution in [0.15, 0.2) is 21.5 Å². The van der Waals surface area contributed by atoms with Gasteiger partial charge < -0.3 is 10.7 Å². The molecule has 1 aromatic rings. The lowest BCUT2D eigenvalue weighted by Crippen LogP contribution is -2.06. The van der Waals surface area contributed by atoms with Gasteiger partial charge in [0.25, 0.3) is 0 Å². The largest absolute Gasteiger partial charge is 0.352 e. The molecule has 3 N–H and O–H groups in total. The van der Waals surface area contributed by atoms with Gasteiger partial charge >= 0.3 is 0 Å². The third-order valence-corrected chi connectivity index (χ3v) is 1.51. The average molecular weight is 203 g/mol. The van der Waals surface area contributed by atoms with Gasteiger partial charge in [0.15, 0.2) is 5.43 Å². The minimum atomic E-state index is -0.0360. The highest BCUT2D eigenvalue weighted by Crippen LogP contribution is 2.01. The zero-order valence-electron chi connectivity index (χ0n) is 5.23. The minimum absolute atomic E-state index is 0.0360. The Balaban J connectivity index is 3.19. The molecule has 0 saturated carbocycles. The van der Waals surface area contributed by atoms with Gasteiger partial charge in [0.1, 0.15) is 0 Å². The zero-order chi connectivity index (χ0) is 7.56. The van der Waals surface area contributed by atoms with E-state index in [-0.39, 0.29) is 5.43 Å². The first kappa shape index (κ1) is 7.50. The van der Waals surface area contributed by atoms with E-state index >= 15 is 0 Å². The predicted octanol–water partition coefficient (Wildman–Crippen LogP) is 0.596. The molecule has 10 heavy (non-hydrogen) atoms. The van der Waals surface area contributed by atoms with Gasteiger partial charge in [-0.1, -0.05) is 0 Å². The molecule has 1 aromatic heterocycles. The molecule has 0 saturated heterocycles. The van der Waals surface area contributed by atoms with Crippen LogP contribution < -0.4 is 11.2 Å².